The van der Waals surface area contributed by atoms with Gasteiger partial charge in [-0.1, -0.05) is 12.1 Å². The summed E-state index contributed by atoms with van der Waals surface area (Å²) < 4.78 is 0. The maximum absolute atomic E-state index is 11.8. The summed E-state index contributed by atoms with van der Waals surface area (Å²) in [4.78, 5) is 36.4. The molecule has 0 atom stereocenters. The number of H-pyrrole nitrogens is 1. The lowest BCUT2D eigenvalue weighted by Gasteiger charge is -2.06. The number of benzene rings is 1. The number of aromatic nitrogens is 1. The Labute approximate surface area is 114 Å². The first-order valence-corrected chi connectivity index (χ1v) is 5.92. The van der Waals surface area contributed by atoms with E-state index in [1.54, 1.807) is 24.3 Å². The van der Waals surface area contributed by atoms with Gasteiger partial charge in [0.05, 0.1) is 0 Å². The first kappa shape index (κ1) is 13.5. The summed E-state index contributed by atoms with van der Waals surface area (Å²) in [6.45, 7) is 0.243. The van der Waals surface area contributed by atoms with Crippen LogP contribution in [0, 0.1) is 0 Å². The van der Waals surface area contributed by atoms with Crippen molar-refractivity contribution in [2.45, 2.75) is 6.54 Å². The van der Waals surface area contributed by atoms with Crippen LogP contribution in [0.15, 0.2) is 47.4 Å². The van der Waals surface area contributed by atoms with E-state index < -0.39 is 5.91 Å². The molecule has 20 heavy (non-hydrogen) atoms. The first-order valence-electron chi connectivity index (χ1n) is 5.92. The van der Waals surface area contributed by atoms with Gasteiger partial charge in [0.1, 0.15) is 0 Å². The molecular weight excluding hydrogens is 258 g/mol. The highest BCUT2D eigenvalue weighted by Crippen LogP contribution is 2.05. The van der Waals surface area contributed by atoms with Crippen molar-refractivity contribution in [1.82, 2.24) is 10.3 Å². The van der Waals surface area contributed by atoms with Crippen LogP contribution >= 0.6 is 0 Å². The molecule has 1 aromatic carbocycles. The van der Waals surface area contributed by atoms with Gasteiger partial charge >= 0.3 is 0 Å². The summed E-state index contributed by atoms with van der Waals surface area (Å²) in [5, 5.41) is 2.66. The molecule has 2 rings (SSSR count). The lowest BCUT2D eigenvalue weighted by Crippen LogP contribution is -2.24. The van der Waals surface area contributed by atoms with Crippen LogP contribution in [0.2, 0.25) is 0 Å². The topological polar surface area (TPSA) is 105 Å². The zero-order valence-electron chi connectivity index (χ0n) is 10.6. The Kier molecular flexibility index (Phi) is 3.95. The van der Waals surface area contributed by atoms with E-state index in [1.807, 2.05) is 0 Å². The monoisotopic (exact) mass is 271 g/mol. The fourth-order valence-corrected chi connectivity index (χ4v) is 1.70. The van der Waals surface area contributed by atoms with E-state index in [1.165, 1.54) is 18.3 Å². The fraction of sp³-hybridized carbons (Fsp3) is 0.0714. The maximum atomic E-state index is 11.8. The Bertz CT molecular complexity index is 707. The number of aromatic amines is 1. The van der Waals surface area contributed by atoms with E-state index in [0.29, 0.717) is 5.56 Å². The van der Waals surface area contributed by atoms with Crippen molar-refractivity contribution in [2.75, 3.05) is 0 Å². The van der Waals surface area contributed by atoms with Crippen LogP contribution in [0.3, 0.4) is 0 Å². The first-order chi connectivity index (χ1) is 9.56. The number of nitrogens with one attached hydrogen (secondary N) is 2. The van der Waals surface area contributed by atoms with Gasteiger partial charge in [-0.3, -0.25) is 14.4 Å². The third-order valence-corrected chi connectivity index (χ3v) is 2.70. The SMILES string of the molecule is NC(=O)c1cccc(CNC(=O)c2cc[nH]c(=O)c2)c1. The number of carbonyl (C=O) groups excluding carboxylic acids is 2. The predicted molar refractivity (Wildman–Crippen MR) is 73.2 cm³/mol. The van der Waals surface area contributed by atoms with Gasteiger partial charge in [0.15, 0.2) is 0 Å². The Morgan fingerprint density at radius 3 is 2.65 bits per heavy atom. The number of pyridine rings is 1. The highest BCUT2D eigenvalue weighted by Gasteiger charge is 2.06. The summed E-state index contributed by atoms with van der Waals surface area (Å²) in [7, 11) is 0. The molecule has 1 aromatic heterocycles. The highest BCUT2D eigenvalue weighted by molar-refractivity contribution is 5.94. The largest absolute Gasteiger partial charge is 0.366 e. The molecule has 0 aliphatic carbocycles. The van der Waals surface area contributed by atoms with Crippen LogP contribution in [-0.2, 0) is 6.54 Å². The second kappa shape index (κ2) is 5.83. The van der Waals surface area contributed by atoms with Gasteiger partial charge in [-0.25, -0.2) is 0 Å². The van der Waals surface area contributed by atoms with Gasteiger partial charge in [0, 0.05) is 29.9 Å². The minimum atomic E-state index is -0.521. The number of hydrogen-bond acceptors (Lipinski definition) is 3. The molecule has 0 bridgehead atoms. The van der Waals surface area contributed by atoms with E-state index >= 15 is 0 Å². The van der Waals surface area contributed by atoms with Crippen molar-refractivity contribution >= 4 is 11.8 Å². The van der Waals surface area contributed by atoms with Crippen molar-refractivity contribution in [2.24, 2.45) is 5.73 Å². The predicted octanol–water partition coefficient (Wildman–Crippen LogP) is 0.404. The third kappa shape index (κ3) is 3.32. The van der Waals surface area contributed by atoms with E-state index in [4.69, 9.17) is 5.73 Å². The quantitative estimate of drug-likeness (QED) is 0.749. The van der Waals surface area contributed by atoms with Crippen LogP contribution < -0.4 is 16.6 Å². The number of primary amides is 1. The van der Waals surface area contributed by atoms with Gasteiger partial charge in [0.25, 0.3) is 5.91 Å². The molecule has 2 aromatic rings. The number of nitrogens with two attached hydrogens (primary N) is 1. The molecule has 0 radical (unpaired) electrons. The van der Waals surface area contributed by atoms with E-state index in [2.05, 4.69) is 10.3 Å². The average molecular weight is 271 g/mol. The fourth-order valence-electron chi connectivity index (χ4n) is 1.70. The summed E-state index contributed by atoms with van der Waals surface area (Å²) >= 11 is 0. The summed E-state index contributed by atoms with van der Waals surface area (Å²) in [6.07, 6.45) is 1.41. The van der Waals surface area contributed by atoms with Crippen molar-refractivity contribution in [3.05, 3.63) is 69.6 Å². The van der Waals surface area contributed by atoms with E-state index in [-0.39, 0.29) is 23.6 Å². The summed E-state index contributed by atoms with van der Waals surface area (Å²) in [6, 6.07) is 9.40. The molecule has 0 saturated carbocycles. The van der Waals surface area contributed by atoms with Gasteiger partial charge in [-0.2, -0.15) is 0 Å². The van der Waals surface area contributed by atoms with Crippen LogP contribution in [0.4, 0.5) is 0 Å². The molecule has 6 heteroatoms. The molecule has 0 aliphatic heterocycles. The van der Waals surface area contributed by atoms with Crippen LogP contribution in [0.25, 0.3) is 0 Å². The molecule has 2 amide bonds. The van der Waals surface area contributed by atoms with Crippen molar-refractivity contribution in [1.29, 1.82) is 0 Å². The second-order valence-electron chi connectivity index (χ2n) is 4.19. The van der Waals surface area contributed by atoms with Crippen molar-refractivity contribution in [3.8, 4) is 0 Å². The zero-order chi connectivity index (χ0) is 14.5. The number of carbonyl (C=O) groups is 2. The van der Waals surface area contributed by atoms with Gasteiger partial charge in [-0.05, 0) is 23.8 Å². The standard InChI is InChI=1S/C14H13N3O3/c15-13(19)10-3-1-2-9(6-10)8-17-14(20)11-4-5-16-12(18)7-11/h1-7H,8H2,(H2,15,19)(H,16,18)(H,17,20). The number of rotatable bonds is 4. The lowest BCUT2D eigenvalue weighted by molar-refractivity contribution is 0.0950. The highest BCUT2D eigenvalue weighted by atomic mass is 16.2. The molecule has 1 heterocycles. The molecule has 0 aliphatic rings. The molecule has 4 N–H and O–H groups in total. The van der Waals surface area contributed by atoms with Crippen LogP contribution in [0.1, 0.15) is 26.3 Å². The number of hydrogen-bond donors (Lipinski definition) is 3. The number of amides is 2. The zero-order valence-corrected chi connectivity index (χ0v) is 10.6. The van der Waals surface area contributed by atoms with Gasteiger partial charge in [-0.15, -0.1) is 0 Å². The molecular formula is C14H13N3O3. The Morgan fingerprint density at radius 1 is 1.15 bits per heavy atom. The molecule has 0 unspecified atom stereocenters. The Hall–Kier alpha value is -2.89. The smallest absolute Gasteiger partial charge is 0.251 e. The molecule has 0 spiro atoms. The second-order valence-corrected chi connectivity index (χ2v) is 4.19. The molecule has 0 fully saturated rings. The molecule has 0 saturated heterocycles. The normalized spacial score (nSPS) is 10.0. The summed E-state index contributed by atoms with van der Waals surface area (Å²) in [5.74, 6) is -0.881. The summed E-state index contributed by atoms with van der Waals surface area (Å²) in [5.41, 5.74) is 6.25. The lowest BCUT2D eigenvalue weighted by atomic mass is 10.1. The Morgan fingerprint density at radius 2 is 1.95 bits per heavy atom. The average Bonchev–Trinajstić information content (AvgIpc) is 2.45. The molecule has 6 nitrogen and oxygen atoms in total. The Balaban J connectivity index is 2.05. The van der Waals surface area contributed by atoms with E-state index in [0.717, 1.165) is 5.56 Å². The maximum Gasteiger partial charge on any atom is 0.251 e. The minimum absolute atomic E-state index is 0.243. The van der Waals surface area contributed by atoms with Crippen molar-refractivity contribution in [3.63, 3.8) is 0 Å². The van der Waals surface area contributed by atoms with Crippen molar-refractivity contribution < 1.29 is 9.59 Å². The molecule has 102 valence electrons. The van der Waals surface area contributed by atoms with Crippen LogP contribution in [-0.4, -0.2) is 16.8 Å². The third-order valence-electron chi connectivity index (χ3n) is 2.70. The minimum Gasteiger partial charge on any atom is -0.366 e. The van der Waals surface area contributed by atoms with Crippen LogP contribution in [0.5, 0.6) is 0 Å². The van der Waals surface area contributed by atoms with E-state index in [9.17, 15) is 14.4 Å². The van der Waals surface area contributed by atoms with Gasteiger partial charge in [0.2, 0.25) is 11.5 Å². The van der Waals surface area contributed by atoms with Gasteiger partial charge < -0.3 is 16.0 Å².